The summed E-state index contributed by atoms with van der Waals surface area (Å²) >= 11 is 1.66. The lowest BCUT2D eigenvalue weighted by molar-refractivity contribution is 0.176. The third-order valence-corrected chi connectivity index (χ3v) is 4.12. The predicted octanol–water partition coefficient (Wildman–Crippen LogP) is 3.39. The maximum absolute atomic E-state index is 9.88. The molecule has 0 aliphatic rings. The van der Waals surface area contributed by atoms with Crippen molar-refractivity contribution in [2.24, 2.45) is 0 Å². The van der Waals surface area contributed by atoms with Crippen molar-refractivity contribution in [3.05, 3.63) is 10.9 Å². The SMILES string of the molecule is CCCNc1nc(NCC(O)CCC)c2cc(C)sc2n1. The molecule has 2 rings (SSSR count). The van der Waals surface area contributed by atoms with E-state index < -0.39 is 0 Å². The minimum atomic E-state index is -0.341. The zero-order valence-corrected chi connectivity index (χ0v) is 13.8. The summed E-state index contributed by atoms with van der Waals surface area (Å²) in [5, 5.41) is 17.4. The van der Waals surface area contributed by atoms with Crippen LogP contribution >= 0.6 is 11.3 Å². The largest absolute Gasteiger partial charge is 0.391 e. The third-order valence-electron chi connectivity index (χ3n) is 3.18. The number of hydrogen-bond donors (Lipinski definition) is 3. The highest BCUT2D eigenvalue weighted by molar-refractivity contribution is 7.18. The molecule has 0 radical (unpaired) electrons. The van der Waals surface area contributed by atoms with Crippen LogP contribution in [-0.4, -0.2) is 34.3 Å². The van der Waals surface area contributed by atoms with Gasteiger partial charge in [0.25, 0.3) is 0 Å². The number of nitrogens with zero attached hydrogens (tertiary/aromatic N) is 2. The Balaban J connectivity index is 2.21. The van der Waals surface area contributed by atoms with Crippen LogP contribution in [-0.2, 0) is 0 Å². The van der Waals surface area contributed by atoms with E-state index in [1.807, 2.05) is 0 Å². The molecule has 116 valence electrons. The van der Waals surface area contributed by atoms with Gasteiger partial charge < -0.3 is 15.7 Å². The zero-order valence-electron chi connectivity index (χ0n) is 12.9. The lowest BCUT2D eigenvalue weighted by Crippen LogP contribution is -2.20. The Bertz CT molecular complexity index is 584. The van der Waals surface area contributed by atoms with Crippen LogP contribution in [0.5, 0.6) is 0 Å². The highest BCUT2D eigenvalue weighted by Gasteiger charge is 2.11. The van der Waals surface area contributed by atoms with Gasteiger partial charge in [-0.05, 0) is 25.8 Å². The number of rotatable bonds is 8. The molecule has 21 heavy (non-hydrogen) atoms. The van der Waals surface area contributed by atoms with Crippen LogP contribution in [0, 0.1) is 6.92 Å². The van der Waals surface area contributed by atoms with Gasteiger partial charge in [-0.3, -0.25) is 0 Å². The number of nitrogens with one attached hydrogen (secondary N) is 2. The van der Waals surface area contributed by atoms with Crippen LogP contribution < -0.4 is 10.6 Å². The van der Waals surface area contributed by atoms with Crippen molar-refractivity contribution in [3.8, 4) is 0 Å². The van der Waals surface area contributed by atoms with E-state index in [-0.39, 0.29) is 6.10 Å². The van der Waals surface area contributed by atoms with Gasteiger partial charge in [0.15, 0.2) is 0 Å². The van der Waals surface area contributed by atoms with Crippen LogP contribution in [0.25, 0.3) is 10.2 Å². The summed E-state index contributed by atoms with van der Waals surface area (Å²) in [5.41, 5.74) is 0. The molecule has 1 unspecified atom stereocenters. The van der Waals surface area contributed by atoms with Crippen molar-refractivity contribution in [3.63, 3.8) is 0 Å². The standard InChI is InChI=1S/C15H24N4OS/c1-4-6-11(20)9-17-13-12-8-10(3)21-14(12)19-15(18-13)16-7-5-2/h8,11,20H,4-7,9H2,1-3H3,(H2,16,17,18,19). The molecule has 6 heteroatoms. The van der Waals surface area contributed by atoms with Crippen molar-refractivity contribution in [1.29, 1.82) is 0 Å². The van der Waals surface area contributed by atoms with Gasteiger partial charge in [-0.1, -0.05) is 20.3 Å². The van der Waals surface area contributed by atoms with Crippen LogP contribution in [0.15, 0.2) is 6.07 Å². The van der Waals surface area contributed by atoms with E-state index in [4.69, 9.17) is 0 Å². The number of aliphatic hydroxyl groups is 1. The van der Waals surface area contributed by atoms with Crippen LogP contribution in [0.4, 0.5) is 11.8 Å². The summed E-state index contributed by atoms with van der Waals surface area (Å²) < 4.78 is 0. The molecule has 2 aromatic rings. The highest BCUT2D eigenvalue weighted by Crippen LogP contribution is 2.29. The second-order valence-corrected chi connectivity index (χ2v) is 6.46. The fourth-order valence-corrected chi connectivity index (χ4v) is 3.02. The minimum absolute atomic E-state index is 0.341. The number of hydrogen-bond acceptors (Lipinski definition) is 6. The fourth-order valence-electron chi connectivity index (χ4n) is 2.14. The summed E-state index contributed by atoms with van der Waals surface area (Å²) in [7, 11) is 0. The monoisotopic (exact) mass is 308 g/mol. The first kappa shape index (κ1) is 16.0. The molecular weight excluding hydrogens is 284 g/mol. The first-order valence-electron chi connectivity index (χ1n) is 7.58. The minimum Gasteiger partial charge on any atom is -0.391 e. The predicted molar refractivity (Wildman–Crippen MR) is 90.3 cm³/mol. The topological polar surface area (TPSA) is 70.1 Å². The van der Waals surface area contributed by atoms with E-state index in [1.54, 1.807) is 11.3 Å². The van der Waals surface area contributed by atoms with Crippen LogP contribution in [0.1, 0.15) is 38.0 Å². The molecule has 0 bridgehead atoms. The second-order valence-electron chi connectivity index (χ2n) is 5.22. The Hall–Kier alpha value is -1.40. The Morgan fingerprint density at radius 3 is 2.76 bits per heavy atom. The summed E-state index contributed by atoms with van der Waals surface area (Å²) in [6, 6.07) is 2.10. The van der Waals surface area contributed by atoms with Gasteiger partial charge in [0.05, 0.1) is 11.5 Å². The van der Waals surface area contributed by atoms with E-state index >= 15 is 0 Å². The molecule has 0 aromatic carbocycles. The normalized spacial score (nSPS) is 12.6. The highest BCUT2D eigenvalue weighted by atomic mass is 32.1. The lowest BCUT2D eigenvalue weighted by atomic mass is 10.2. The molecular formula is C15H24N4OS. The van der Waals surface area contributed by atoms with Gasteiger partial charge in [0.2, 0.25) is 5.95 Å². The average molecular weight is 308 g/mol. The fraction of sp³-hybridized carbons (Fsp3) is 0.600. The van der Waals surface area contributed by atoms with Gasteiger partial charge in [-0.2, -0.15) is 4.98 Å². The number of anilines is 2. The van der Waals surface area contributed by atoms with E-state index in [2.05, 4.69) is 47.4 Å². The summed E-state index contributed by atoms with van der Waals surface area (Å²) in [4.78, 5) is 11.3. The Kier molecular flexibility index (Phi) is 5.76. The number of aliphatic hydroxyl groups excluding tert-OH is 1. The molecule has 2 heterocycles. The number of aromatic nitrogens is 2. The van der Waals surface area contributed by atoms with Gasteiger partial charge in [-0.25, -0.2) is 4.98 Å². The van der Waals surface area contributed by atoms with E-state index in [9.17, 15) is 5.11 Å². The average Bonchev–Trinajstić information content (AvgIpc) is 2.83. The molecule has 5 nitrogen and oxygen atoms in total. The molecule has 0 amide bonds. The van der Waals surface area contributed by atoms with Crippen molar-refractivity contribution in [2.45, 2.75) is 46.1 Å². The Morgan fingerprint density at radius 1 is 1.24 bits per heavy atom. The quantitative estimate of drug-likeness (QED) is 0.697. The number of thiophene rings is 1. The van der Waals surface area contributed by atoms with E-state index in [0.717, 1.165) is 41.8 Å². The summed E-state index contributed by atoms with van der Waals surface area (Å²) in [6.45, 7) is 7.62. The maximum Gasteiger partial charge on any atom is 0.226 e. The maximum atomic E-state index is 9.88. The number of fused-ring (bicyclic) bond motifs is 1. The van der Waals surface area contributed by atoms with E-state index in [0.29, 0.717) is 12.5 Å². The zero-order chi connectivity index (χ0) is 15.2. The van der Waals surface area contributed by atoms with E-state index in [1.165, 1.54) is 4.88 Å². The third kappa shape index (κ3) is 4.28. The van der Waals surface area contributed by atoms with Crippen LogP contribution in [0.2, 0.25) is 0 Å². The molecule has 0 saturated heterocycles. The van der Waals surface area contributed by atoms with Crippen molar-refractivity contribution >= 4 is 33.3 Å². The Labute approximate surface area is 129 Å². The molecule has 2 aromatic heterocycles. The first-order valence-corrected chi connectivity index (χ1v) is 8.39. The van der Waals surface area contributed by atoms with Crippen molar-refractivity contribution < 1.29 is 5.11 Å². The summed E-state index contributed by atoms with van der Waals surface area (Å²) in [5.74, 6) is 1.46. The summed E-state index contributed by atoms with van der Waals surface area (Å²) in [6.07, 6.45) is 2.46. The Morgan fingerprint density at radius 2 is 2.05 bits per heavy atom. The lowest BCUT2D eigenvalue weighted by Gasteiger charge is -2.13. The molecule has 0 fully saturated rings. The molecule has 1 atom stereocenters. The molecule has 0 spiro atoms. The van der Waals surface area contributed by atoms with Crippen LogP contribution in [0.3, 0.4) is 0 Å². The molecule has 0 aliphatic carbocycles. The number of aryl methyl sites for hydroxylation is 1. The molecule has 0 saturated carbocycles. The van der Waals surface area contributed by atoms with Gasteiger partial charge in [-0.15, -0.1) is 11.3 Å². The first-order chi connectivity index (χ1) is 10.1. The molecule has 3 N–H and O–H groups in total. The smallest absolute Gasteiger partial charge is 0.226 e. The van der Waals surface area contributed by atoms with Crippen molar-refractivity contribution in [1.82, 2.24) is 9.97 Å². The van der Waals surface area contributed by atoms with Crippen molar-refractivity contribution in [2.75, 3.05) is 23.7 Å². The van der Waals surface area contributed by atoms with Gasteiger partial charge in [0, 0.05) is 18.0 Å². The van der Waals surface area contributed by atoms with Gasteiger partial charge in [0.1, 0.15) is 10.6 Å². The van der Waals surface area contributed by atoms with Gasteiger partial charge >= 0.3 is 0 Å². The molecule has 0 aliphatic heterocycles. The second kappa shape index (κ2) is 7.56.